The van der Waals surface area contributed by atoms with Crippen LogP contribution in [0.3, 0.4) is 0 Å². The van der Waals surface area contributed by atoms with E-state index in [1.165, 1.54) is 19.2 Å². The van der Waals surface area contributed by atoms with Gasteiger partial charge in [-0.1, -0.05) is 12.1 Å². The molecule has 5 heteroatoms. The van der Waals surface area contributed by atoms with Crippen LogP contribution >= 0.6 is 0 Å². The van der Waals surface area contributed by atoms with Gasteiger partial charge < -0.3 is 10.5 Å². The SMILES string of the molecule is COc1c(F)cccc1CC(F)(F)CN. The van der Waals surface area contributed by atoms with Crippen LogP contribution in [0.25, 0.3) is 0 Å². The number of benzene rings is 1. The summed E-state index contributed by atoms with van der Waals surface area (Å²) in [5.41, 5.74) is 5.02. The Balaban J connectivity index is 2.99. The van der Waals surface area contributed by atoms with E-state index in [2.05, 4.69) is 0 Å². The molecular weight excluding hydrogens is 207 g/mol. The lowest BCUT2D eigenvalue weighted by molar-refractivity contribution is 0.0109. The zero-order chi connectivity index (χ0) is 11.5. The molecule has 0 aliphatic heterocycles. The first-order chi connectivity index (χ1) is 7.00. The number of halogens is 3. The molecule has 0 aliphatic rings. The predicted molar refractivity (Wildman–Crippen MR) is 50.7 cm³/mol. The minimum Gasteiger partial charge on any atom is -0.493 e. The Hall–Kier alpha value is -1.23. The van der Waals surface area contributed by atoms with Crippen LogP contribution in [0.2, 0.25) is 0 Å². The van der Waals surface area contributed by atoms with Crippen molar-refractivity contribution >= 4 is 0 Å². The minimum absolute atomic E-state index is 0.118. The van der Waals surface area contributed by atoms with Gasteiger partial charge in [-0.3, -0.25) is 0 Å². The lowest BCUT2D eigenvalue weighted by Crippen LogP contribution is -2.30. The highest BCUT2D eigenvalue weighted by Gasteiger charge is 2.29. The van der Waals surface area contributed by atoms with Gasteiger partial charge in [-0.15, -0.1) is 0 Å². The highest BCUT2D eigenvalue weighted by atomic mass is 19.3. The predicted octanol–water partition coefficient (Wildman–Crippen LogP) is 1.97. The van der Waals surface area contributed by atoms with Crippen molar-refractivity contribution in [3.05, 3.63) is 29.6 Å². The van der Waals surface area contributed by atoms with E-state index < -0.39 is 24.7 Å². The van der Waals surface area contributed by atoms with E-state index >= 15 is 0 Å². The zero-order valence-electron chi connectivity index (χ0n) is 8.27. The van der Waals surface area contributed by atoms with Crippen LogP contribution in [0.5, 0.6) is 5.75 Å². The van der Waals surface area contributed by atoms with Crippen LogP contribution in [0, 0.1) is 5.82 Å². The molecule has 1 rings (SSSR count). The van der Waals surface area contributed by atoms with Crippen LogP contribution < -0.4 is 10.5 Å². The van der Waals surface area contributed by atoms with Gasteiger partial charge in [0.2, 0.25) is 0 Å². The molecule has 0 aromatic heterocycles. The van der Waals surface area contributed by atoms with Gasteiger partial charge in [0.05, 0.1) is 13.7 Å². The van der Waals surface area contributed by atoms with Crippen molar-refractivity contribution in [2.75, 3.05) is 13.7 Å². The standard InChI is InChI=1S/C10H12F3NO/c1-15-9-7(3-2-4-8(9)11)5-10(12,13)6-14/h2-4H,5-6,14H2,1H3. The smallest absolute Gasteiger partial charge is 0.264 e. The lowest BCUT2D eigenvalue weighted by Gasteiger charge is -2.16. The second-order valence-corrected chi connectivity index (χ2v) is 3.17. The molecule has 15 heavy (non-hydrogen) atoms. The molecule has 0 saturated heterocycles. The fraction of sp³-hybridized carbons (Fsp3) is 0.400. The Kier molecular flexibility index (Phi) is 3.57. The summed E-state index contributed by atoms with van der Waals surface area (Å²) in [4.78, 5) is 0. The number of methoxy groups -OCH3 is 1. The normalized spacial score (nSPS) is 11.5. The first-order valence-corrected chi connectivity index (χ1v) is 4.39. The lowest BCUT2D eigenvalue weighted by atomic mass is 10.1. The Labute approximate surface area is 85.8 Å². The number of ether oxygens (including phenoxy) is 1. The van der Waals surface area contributed by atoms with Crippen molar-refractivity contribution < 1.29 is 17.9 Å². The number of hydrogen-bond acceptors (Lipinski definition) is 2. The molecule has 2 nitrogen and oxygen atoms in total. The van der Waals surface area contributed by atoms with E-state index in [-0.39, 0.29) is 11.3 Å². The third-order valence-corrected chi connectivity index (χ3v) is 2.00. The number of alkyl halides is 2. The van der Waals surface area contributed by atoms with Gasteiger partial charge in [-0.2, -0.15) is 0 Å². The molecule has 0 unspecified atom stereocenters. The molecule has 0 fully saturated rings. The van der Waals surface area contributed by atoms with Gasteiger partial charge in [0.15, 0.2) is 11.6 Å². The van der Waals surface area contributed by atoms with Crippen LogP contribution in [-0.2, 0) is 6.42 Å². The first-order valence-electron chi connectivity index (χ1n) is 4.39. The summed E-state index contributed by atoms with van der Waals surface area (Å²) in [6.07, 6.45) is -0.621. The molecule has 1 aromatic carbocycles. The van der Waals surface area contributed by atoms with E-state index in [4.69, 9.17) is 10.5 Å². The minimum atomic E-state index is -3.04. The molecule has 0 bridgehead atoms. The van der Waals surface area contributed by atoms with Crippen molar-refractivity contribution in [1.82, 2.24) is 0 Å². The average molecular weight is 219 g/mol. The molecule has 1 aromatic rings. The third kappa shape index (κ3) is 2.86. The summed E-state index contributed by atoms with van der Waals surface area (Å²) in [5, 5.41) is 0. The second kappa shape index (κ2) is 4.53. The maximum atomic E-state index is 13.1. The van der Waals surface area contributed by atoms with Crippen LogP contribution in [0.15, 0.2) is 18.2 Å². The molecule has 84 valence electrons. The monoisotopic (exact) mass is 219 g/mol. The van der Waals surface area contributed by atoms with Crippen molar-refractivity contribution in [3.8, 4) is 5.75 Å². The second-order valence-electron chi connectivity index (χ2n) is 3.17. The van der Waals surface area contributed by atoms with Crippen molar-refractivity contribution in [3.63, 3.8) is 0 Å². The molecule has 0 amide bonds. The fourth-order valence-corrected chi connectivity index (χ4v) is 1.27. The molecule has 0 saturated carbocycles. The largest absolute Gasteiger partial charge is 0.493 e. The Bertz CT molecular complexity index is 341. The molecule has 0 heterocycles. The summed E-state index contributed by atoms with van der Waals surface area (Å²) in [6, 6.07) is 3.91. The molecule has 2 N–H and O–H groups in total. The summed E-state index contributed by atoms with van der Waals surface area (Å²) in [7, 11) is 1.24. The Morgan fingerprint density at radius 1 is 1.40 bits per heavy atom. The molecular formula is C10H12F3NO. The van der Waals surface area contributed by atoms with Crippen LogP contribution in [0.4, 0.5) is 13.2 Å². The first kappa shape index (κ1) is 11.8. The van der Waals surface area contributed by atoms with Crippen molar-refractivity contribution in [2.24, 2.45) is 5.73 Å². The van der Waals surface area contributed by atoms with E-state index in [0.717, 1.165) is 6.07 Å². The molecule has 0 atom stereocenters. The topological polar surface area (TPSA) is 35.2 Å². The quantitative estimate of drug-likeness (QED) is 0.840. The van der Waals surface area contributed by atoms with Gasteiger partial charge in [-0.25, -0.2) is 13.2 Å². The number of para-hydroxylation sites is 1. The summed E-state index contributed by atoms with van der Waals surface area (Å²) >= 11 is 0. The highest BCUT2D eigenvalue weighted by Crippen LogP contribution is 2.28. The van der Waals surface area contributed by atoms with Crippen molar-refractivity contribution in [1.29, 1.82) is 0 Å². The van der Waals surface area contributed by atoms with Gasteiger partial charge in [-0.05, 0) is 6.07 Å². The van der Waals surface area contributed by atoms with E-state index in [1.54, 1.807) is 0 Å². The fourth-order valence-electron chi connectivity index (χ4n) is 1.27. The molecule has 0 spiro atoms. The van der Waals surface area contributed by atoms with Gasteiger partial charge >= 0.3 is 0 Å². The summed E-state index contributed by atoms with van der Waals surface area (Å²) in [5.74, 6) is -3.84. The van der Waals surface area contributed by atoms with Crippen molar-refractivity contribution in [2.45, 2.75) is 12.3 Å². The Morgan fingerprint density at radius 3 is 2.60 bits per heavy atom. The maximum absolute atomic E-state index is 13.1. The van der Waals surface area contributed by atoms with Crippen LogP contribution in [0.1, 0.15) is 5.56 Å². The zero-order valence-corrected chi connectivity index (χ0v) is 8.27. The highest BCUT2D eigenvalue weighted by molar-refractivity contribution is 5.35. The summed E-state index contributed by atoms with van der Waals surface area (Å²) < 4.78 is 43.8. The number of nitrogens with two attached hydrogens (primary N) is 1. The van der Waals surface area contributed by atoms with E-state index in [9.17, 15) is 13.2 Å². The summed E-state index contributed by atoms with van der Waals surface area (Å²) in [6.45, 7) is -0.771. The average Bonchev–Trinajstić information content (AvgIpc) is 2.18. The van der Waals surface area contributed by atoms with Gasteiger partial charge in [0, 0.05) is 12.0 Å². The molecule has 0 aliphatic carbocycles. The third-order valence-electron chi connectivity index (χ3n) is 2.00. The van der Waals surface area contributed by atoms with Gasteiger partial charge in [0.1, 0.15) is 0 Å². The molecule has 0 radical (unpaired) electrons. The maximum Gasteiger partial charge on any atom is 0.264 e. The van der Waals surface area contributed by atoms with E-state index in [1.807, 2.05) is 0 Å². The van der Waals surface area contributed by atoms with E-state index in [0.29, 0.717) is 0 Å². The van der Waals surface area contributed by atoms with Gasteiger partial charge in [0.25, 0.3) is 5.92 Å². The van der Waals surface area contributed by atoms with Crippen LogP contribution in [-0.4, -0.2) is 19.6 Å². The number of hydrogen-bond donors (Lipinski definition) is 1. The Morgan fingerprint density at radius 2 is 2.07 bits per heavy atom. The number of rotatable bonds is 4.